The van der Waals surface area contributed by atoms with Crippen LogP contribution >= 0.6 is 27.5 Å². The number of hydrogen-bond donors (Lipinski definition) is 0. The fraction of sp³-hybridized carbons (Fsp3) is 0.714. The van der Waals surface area contributed by atoms with Crippen LogP contribution in [0, 0.1) is 5.92 Å². The Morgan fingerprint density at radius 3 is 2.55 bits per heavy atom. The number of hydrogen-bond acceptors (Lipinski definition) is 4. The molecule has 2 fully saturated rings. The van der Waals surface area contributed by atoms with E-state index in [1.165, 1.54) is 45.3 Å². The summed E-state index contributed by atoms with van der Waals surface area (Å²) in [5, 5.41) is 0.495. The van der Waals surface area contributed by atoms with Gasteiger partial charge in [0.2, 0.25) is 0 Å². The monoisotopic (exact) mass is 358 g/mol. The number of anilines is 1. The number of nitrogens with zero attached hydrogens (tertiary/aromatic N) is 4. The molecule has 2 aliphatic rings. The topological polar surface area (TPSA) is 32.3 Å². The van der Waals surface area contributed by atoms with Crippen molar-refractivity contribution in [2.75, 3.05) is 37.6 Å². The summed E-state index contributed by atoms with van der Waals surface area (Å²) >= 11 is 9.54. The first kappa shape index (κ1) is 14.5. The molecule has 110 valence electrons. The van der Waals surface area contributed by atoms with Crippen molar-refractivity contribution in [1.82, 2.24) is 14.9 Å². The molecule has 0 aromatic carbocycles. The lowest BCUT2D eigenvalue weighted by Crippen LogP contribution is -2.38. The van der Waals surface area contributed by atoms with Crippen LogP contribution in [0.1, 0.15) is 25.7 Å². The van der Waals surface area contributed by atoms with E-state index >= 15 is 0 Å². The zero-order chi connectivity index (χ0) is 13.9. The van der Waals surface area contributed by atoms with Crippen molar-refractivity contribution in [3.8, 4) is 0 Å². The SMILES string of the molecule is Clc1ncnc(N2CCC(CN3CCCC3)CC2)c1Br. The van der Waals surface area contributed by atoms with Gasteiger partial charge in [-0.3, -0.25) is 0 Å². The summed E-state index contributed by atoms with van der Waals surface area (Å²) in [6.07, 6.45) is 6.78. The Labute approximate surface area is 133 Å². The van der Waals surface area contributed by atoms with Crippen LogP contribution in [0.3, 0.4) is 0 Å². The summed E-state index contributed by atoms with van der Waals surface area (Å²) < 4.78 is 0.819. The summed E-state index contributed by atoms with van der Waals surface area (Å²) in [4.78, 5) is 13.3. The molecule has 20 heavy (non-hydrogen) atoms. The Hall–Kier alpha value is -0.390. The lowest BCUT2D eigenvalue weighted by molar-refractivity contribution is 0.249. The molecule has 3 rings (SSSR count). The van der Waals surface area contributed by atoms with Gasteiger partial charge >= 0.3 is 0 Å². The normalized spacial score (nSPS) is 21.6. The highest BCUT2D eigenvalue weighted by Crippen LogP contribution is 2.32. The molecule has 0 amide bonds. The van der Waals surface area contributed by atoms with E-state index in [9.17, 15) is 0 Å². The molecule has 6 heteroatoms. The Morgan fingerprint density at radius 2 is 1.85 bits per heavy atom. The van der Waals surface area contributed by atoms with Gasteiger partial charge in [0.25, 0.3) is 0 Å². The highest BCUT2D eigenvalue weighted by atomic mass is 79.9. The van der Waals surface area contributed by atoms with Crippen molar-refractivity contribution in [3.63, 3.8) is 0 Å². The van der Waals surface area contributed by atoms with Crippen LogP contribution in [0.4, 0.5) is 5.82 Å². The molecule has 2 saturated heterocycles. The quantitative estimate of drug-likeness (QED) is 0.776. The Bertz CT molecular complexity index is 456. The zero-order valence-corrected chi connectivity index (χ0v) is 13.9. The Kier molecular flexibility index (Phi) is 4.79. The molecule has 0 aliphatic carbocycles. The molecule has 0 bridgehead atoms. The third-order valence-electron chi connectivity index (χ3n) is 4.36. The van der Waals surface area contributed by atoms with Crippen LogP contribution in [-0.4, -0.2) is 47.6 Å². The van der Waals surface area contributed by atoms with Gasteiger partial charge in [0, 0.05) is 19.6 Å². The minimum Gasteiger partial charge on any atom is -0.356 e. The van der Waals surface area contributed by atoms with E-state index < -0.39 is 0 Å². The molecule has 0 spiro atoms. The first-order chi connectivity index (χ1) is 9.74. The van der Waals surface area contributed by atoms with E-state index in [2.05, 4.69) is 35.7 Å². The molecule has 0 atom stereocenters. The molecule has 0 saturated carbocycles. The first-order valence-corrected chi connectivity index (χ1v) is 8.54. The largest absolute Gasteiger partial charge is 0.356 e. The van der Waals surface area contributed by atoms with Gasteiger partial charge in [-0.25, -0.2) is 9.97 Å². The number of rotatable bonds is 3. The predicted molar refractivity (Wildman–Crippen MR) is 85.4 cm³/mol. The van der Waals surface area contributed by atoms with Crippen molar-refractivity contribution in [3.05, 3.63) is 16.0 Å². The number of piperidine rings is 1. The number of halogens is 2. The van der Waals surface area contributed by atoms with Crippen molar-refractivity contribution in [2.24, 2.45) is 5.92 Å². The third-order valence-corrected chi connectivity index (χ3v) is 5.60. The molecule has 0 radical (unpaired) electrons. The van der Waals surface area contributed by atoms with Gasteiger partial charge in [0.05, 0.1) is 4.47 Å². The Morgan fingerprint density at radius 1 is 1.15 bits per heavy atom. The zero-order valence-electron chi connectivity index (χ0n) is 11.6. The van der Waals surface area contributed by atoms with Gasteiger partial charge in [0.1, 0.15) is 17.3 Å². The molecule has 1 aromatic heterocycles. The molecule has 0 N–H and O–H groups in total. The number of likely N-dealkylation sites (tertiary alicyclic amines) is 1. The summed E-state index contributed by atoms with van der Waals surface area (Å²) in [6, 6.07) is 0. The summed E-state index contributed by atoms with van der Waals surface area (Å²) in [5.74, 6) is 1.77. The van der Waals surface area contributed by atoms with Crippen molar-refractivity contribution < 1.29 is 0 Å². The second kappa shape index (κ2) is 6.58. The van der Waals surface area contributed by atoms with Gasteiger partial charge in [-0.2, -0.15) is 0 Å². The smallest absolute Gasteiger partial charge is 0.148 e. The lowest BCUT2D eigenvalue weighted by atomic mass is 9.96. The van der Waals surface area contributed by atoms with Crippen molar-refractivity contribution >= 4 is 33.3 Å². The molecule has 1 aromatic rings. The van der Waals surface area contributed by atoms with Crippen LogP contribution in [0.2, 0.25) is 5.15 Å². The standard InChI is InChI=1S/C14H20BrClN4/c15-12-13(16)17-10-18-14(12)20-7-3-11(4-8-20)9-19-5-1-2-6-19/h10-11H,1-9H2. The maximum absolute atomic E-state index is 6.04. The van der Waals surface area contributed by atoms with Crippen molar-refractivity contribution in [1.29, 1.82) is 0 Å². The predicted octanol–water partition coefficient (Wildman–Crippen LogP) is 3.20. The minimum absolute atomic E-state index is 0.495. The fourth-order valence-corrected chi connectivity index (χ4v) is 3.80. The van der Waals surface area contributed by atoms with Crippen LogP contribution in [0.5, 0.6) is 0 Å². The second-order valence-corrected chi connectivity index (χ2v) is 6.89. The van der Waals surface area contributed by atoms with Crippen molar-refractivity contribution in [2.45, 2.75) is 25.7 Å². The molecular formula is C14H20BrClN4. The second-order valence-electron chi connectivity index (χ2n) is 5.74. The number of aromatic nitrogens is 2. The fourth-order valence-electron chi connectivity index (χ4n) is 3.22. The average Bonchev–Trinajstić information content (AvgIpc) is 2.96. The van der Waals surface area contributed by atoms with Crippen LogP contribution < -0.4 is 4.90 Å². The summed E-state index contributed by atoms with van der Waals surface area (Å²) in [7, 11) is 0. The molecular weight excluding hydrogens is 340 g/mol. The van der Waals surface area contributed by atoms with E-state index in [-0.39, 0.29) is 0 Å². The first-order valence-electron chi connectivity index (χ1n) is 7.37. The lowest BCUT2D eigenvalue weighted by Gasteiger charge is -2.34. The Balaban J connectivity index is 1.56. The average molecular weight is 360 g/mol. The van der Waals surface area contributed by atoms with Crippen LogP contribution in [0.15, 0.2) is 10.8 Å². The van der Waals surface area contributed by atoms with Gasteiger partial charge in [0.15, 0.2) is 0 Å². The van der Waals surface area contributed by atoms with E-state index in [0.29, 0.717) is 5.15 Å². The van der Waals surface area contributed by atoms with Crippen LogP contribution in [0.25, 0.3) is 0 Å². The van der Waals surface area contributed by atoms with E-state index in [1.807, 2.05) is 0 Å². The maximum Gasteiger partial charge on any atom is 0.148 e. The third kappa shape index (κ3) is 3.26. The molecule has 0 unspecified atom stereocenters. The maximum atomic E-state index is 6.04. The van der Waals surface area contributed by atoms with E-state index in [0.717, 1.165) is 29.3 Å². The minimum atomic E-state index is 0.495. The van der Waals surface area contributed by atoms with Gasteiger partial charge in [-0.05, 0) is 60.6 Å². The molecule has 4 nitrogen and oxygen atoms in total. The molecule has 3 heterocycles. The summed E-state index contributed by atoms with van der Waals surface area (Å²) in [5.41, 5.74) is 0. The van der Waals surface area contributed by atoms with Crippen LogP contribution in [-0.2, 0) is 0 Å². The van der Waals surface area contributed by atoms with Gasteiger partial charge in [-0.15, -0.1) is 0 Å². The highest BCUT2D eigenvalue weighted by molar-refractivity contribution is 9.10. The van der Waals surface area contributed by atoms with E-state index in [1.54, 1.807) is 6.33 Å². The molecule has 2 aliphatic heterocycles. The van der Waals surface area contributed by atoms with Gasteiger partial charge in [-0.1, -0.05) is 11.6 Å². The summed E-state index contributed by atoms with van der Waals surface area (Å²) in [6.45, 7) is 6.00. The van der Waals surface area contributed by atoms with E-state index in [4.69, 9.17) is 11.6 Å². The highest BCUT2D eigenvalue weighted by Gasteiger charge is 2.24. The van der Waals surface area contributed by atoms with Gasteiger partial charge < -0.3 is 9.80 Å².